The van der Waals surface area contributed by atoms with Crippen molar-refractivity contribution < 1.29 is 4.39 Å². The SMILES string of the molecule is CCCC(C)CC(CBr)(CBr)c1cccc(F)c1. The van der Waals surface area contributed by atoms with Crippen molar-refractivity contribution in [3.8, 4) is 0 Å². The maximum atomic E-state index is 13.4. The van der Waals surface area contributed by atoms with E-state index in [0.717, 1.165) is 22.6 Å². The van der Waals surface area contributed by atoms with Gasteiger partial charge in [0, 0.05) is 16.1 Å². The Morgan fingerprint density at radius 1 is 1.28 bits per heavy atom. The third kappa shape index (κ3) is 4.06. The zero-order chi connectivity index (χ0) is 13.6. The molecule has 0 spiro atoms. The summed E-state index contributed by atoms with van der Waals surface area (Å²) >= 11 is 7.24. The van der Waals surface area contributed by atoms with Gasteiger partial charge in [-0.15, -0.1) is 0 Å². The lowest BCUT2D eigenvalue weighted by Crippen LogP contribution is -2.32. The average molecular weight is 380 g/mol. The number of rotatable bonds is 7. The highest BCUT2D eigenvalue weighted by Crippen LogP contribution is 2.36. The Morgan fingerprint density at radius 2 is 1.94 bits per heavy atom. The van der Waals surface area contributed by atoms with Crippen molar-refractivity contribution in [1.29, 1.82) is 0 Å². The predicted octanol–water partition coefficient (Wildman–Crippen LogP) is 5.68. The standard InChI is InChI=1S/C15H21Br2F/c1-3-5-12(2)9-15(10-16,11-17)13-6-4-7-14(18)8-13/h4,6-8,12H,3,5,9-11H2,1-2H3. The van der Waals surface area contributed by atoms with Gasteiger partial charge in [-0.1, -0.05) is 70.7 Å². The van der Waals surface area contributed by atoms with Gasteiger partial charge in [-0.2, -0.15) is 0 Å². The summed E-state index contributed by atoms with van der Waals surface area (Å²) in [6, 6.07) is 7.01. The number of hydrogen-bond donors (Lipinski definition) is 0. The van der Waals surface area contributed by atoms with Crippen LogP contribution in [0.3, 0.4) is 0 Å². The summed E-state index contributed by atoms with van der Waals surface area (Å²) in [7, 11) is 0. The highest BCUT2D eigenvalue weighted by molar-refractivity contribution is 9.09. The van der Waals surface area contributed by atoms with Gasteiger partial charge in [-0.05, 0) is 30.0 Å². The third-order valence-electron chi connectivity index (χ3n) is 3.47. The molecule has 18 heavy (non-hydrogen) atoms. The Labute approximate surface area is 127 Å². The number of halogens is 3. The van der Waals surface area contributed by atoms with E-state index in [1.54, 1.807) is 12.1 Å². The molecular formula is C15H21Br2F. The Morgan fingerprint density at radius 3 is 2.44 bits per heavy atom. The van der Waals surface area contributed by atoms with Crippen LogP contribution in [0.2, 0.25) is 0 Å². The molecule has 1 aromatic rings. The molecule has 1 unspecified atom stereocenters. The molecular weight excluding hydrogens is 359 g/mol. The fourth-order valence-corrected chi connectivity index (χ4v) is 4.53. The van der Waals surface area contributed by atoms with Gasteiger partial charge < -0.3 is 0 Å². The molecule has 0 saturated carbocycles. The number of hydrogen-bond acceptors (Lipinski definition) is 0. The largest absolute Gasteiger partial charge is 0.207 e. The van der Waals surface area contributed by atoms with E-state index in [0.29, 0.717) is 5.92 Å². The lowest BCUT2D eigenvalue weighted by Gasteiger charge is -2.33. The lowest BCUT2D eigenvalue weighted by molar-refractivity contribution is 0.373. The topological polar surface area (TPSA) is 0 Å². The Bertz CT molecular complexity index is 361. The van der Waals surface area contributed by atoms with Crippen molar-refractivity contribution in [2.75, 3.05) is 10.7 Å². The van der Waals surface area contributed by atoms with Crippen LogP contribution >= 0.6 is 31.9 Å². The molecule has 1 rings (SSSR count). The Balaban J connectivity index is 2.99. The van der Waals surface area contributed by atoms with Crippen LogP contribution < -0.4 is 0 Å². The van der Waals surface area contributed by atoms with Crippen molar-refractivity contribution in [3.05, 3.63) is 35.6 Å². The molecule has 1 atom stereocenters. The van der Waals surface area contributed by atoms with E-state index in [1.807, 2.05) is 6.07 Å². The Kier molecular flexibility index (Phi) is 6.86. The lowest BCUT2D eigenvalue weighted by atomic mass is 9.76. The van der Waals surface area contributed by atoms with Crippen LogP contribution in [0.25, 0.3) is 0 Å². The van der Waals surface area contributed by atoms with Crippen LogP contribution in [-0.2, 0) is 5.41 Å². The van der Waals surface area contributed by atoms with Crippen molar-refractivity contribution in [2.24, 2.45) is 5.92 Å². The third-order valence-corrected chi connectivity index (χ3v) is 5.62. The van der Waals surface area contributed by atoms with Crippen molar-refractivity contribution in [3.63, 3.8) is 0 Å². The predicted molar refractivity (Wildman–Crippen MR) is 84.4 cm³/mol. The maximum absolute atomic E-state index is 13.4. The molecule has 0 bridgehead atoms. The van der Waals surface area contributed by atoms with Crippen LogP contribution in [0.15, 0.2) is 24.3 Å². The average Bonchev–Trinajstić information content (AvgIpc) is 2.36. The van der Waals surface area contributed by atoms with Crippen LogP contribution in [0.4, 0.5) is 4.39 Å². The normalized spacial score (nSPS) is 13.6. The van der Waals surface area contributed by atoms with Crippen molar-refractivity contribution >= 4 is 31.9 Å². The fourth-order valence-electron chi connectivity index (χ4n) is 2.50. The molecule has 0 fully saturated rings. The van der Waals surface area contributed by atoms with Crippen LogP contribution in [-0.4, -0.2) is 10.7 Å². The van der Waals surface area contributed by atoms with Gasteiger partial charge in [-0.25, -0.2) is 4.39 Å². The maximum Gasteiger partial charge on any atom is 0.123 e. The monoisotopic (exact) mass is 378 g/mol. The zero-order valence-corrected chi connectivity index (χ0v) is 14.2. The molecule has 102 valence electrons. The fraction of sp³-hybridized carbons (Fsp3) is 0.600. The zero-order valence-electron chi connectivity index (χ0n) is 11.1. The minimum Gasteiger partial charge on any atom is -0.207 e. The van der Waals surface area contributed by atoms with E-state index >= 15 is 0 Å². The molecule has 0 saturated heterocycles. The van der Waals surface area contributed by atoms with Gasteiger partial charge in [0.15, 0.2) is 0 Å². The Hall–Kier alpha value is 0.110. The first kappa shape index (κ1) is 16.2. The van der Waals surface area contributed by atoms with Gasteiger partial charge in [0.05, 0.1) is 0 Å². The summed E-state index contributed by atoms with van der Waals surface area (Å²) < 4.78 is 13.4. The second-order valence-corrected chi connectivity index (χ2v) is 6.28. The molecule has 0 amide bonds. The highest BCUT2D eigenvalue weighted by Gasteiger charge is 2.32. The molecule has 0 aliphatic heterocycles. The highest BCUT2D eigenvalue weighted by atomic mass is 79.9. The first-order chi connectivity index (χ1) is 8.57. The first-order valence-electron chi connectivity index (χ1n) is 6.46. The van der Waals surface area contributed by atoms with E-state index < -0.39 is 0 Å². The molecule has 0 radical (unpaired) electrons. The smallest absolute Gasteiger partial charge is 0.123 e. The molecule has 1 aromatic carbocycles. The van der Waals surface area contributed by atoms with Gasteiger partial charge in [0.25, 0.3) is 0 Å². The first-order valence-corrected chi connectivity index (χ1v) is 8.70. The van der Waals surface area contributed by atoms with E-state index in [2.05, 4.69) is 45.7 Å². The van der Waals surface area contributed by atoms with Crippen molar-refractivity contribution in [2.45, 2.75) is 38.5 Å². The number of alkyl halides is 2. The molecule has 0 heterocycles. The van der Waals surface area contributed by atoms with E-state index in [4.69, 9.17) is 0 Å². The van der Waals surface area contributed by atoms with Gasteiger partial charge in [-0.3, -0.25) is 0 Å². The van der Waals surface area contributed by atoms with Gasteiger partial charge >= 0.3 is 0 Å². The summed E-state index contributed by atoms with van der Waals surface area (Å²) in [5, 5.41) is 1.70. The minimum absolute atomic E-state index is 0.0172. The van der Waals surface area contributed by atoms with E-state index in [1.165, 1.54) is 18.9 Å². The molecule has 0 aliphatic carbocycles. The summed E-state index contributed by atoms with van der Waals surface area (Å²) in [6.07, 6.45) is 3.49. The summed E-state index contributed by atoms with van der Waals surface area (Å²) in [5.41, 5.74) is 1.07. The molecule has 0 aliphatic rings. The summed E-state index contributed by atoms with van der Waals surface area (Å²) in [4.78, 5) is 0. The summed E-state index contributed by atoms with van der Waals surface area (Å²) in [6.45, 7) is 4.49. The number of benzene rings is 1. The molecule has 3 heteroatoms. The summed E-state index contributed by atoms with van der Waals surface area (Å²) in [5.74, 6) is 0.496. The second kappa shape index (κ2) is 7.64. The second-order valence-electron chi connectivity index (χ2n) is 5.16. The molecule has 0 N–H and O–H groups in total. The van der Waals surface area contributed by atoms with Crippen LogP contribution in [0.5, 0.6) is 0 Å². The van der Waals surface area contributed by atoms with Gasteiger partial charge in [0.2, 0.25) is 0 Å². The van der Waals surface area contributed by atoms with E-state index in [-0.39, 0.29) is 11.2 Å². The molecule has 0 nitrogen and oxygen atoms in total. The van der Waals surface area contributed by atoms with Crippen LogP contribution in [0.1, 0.15) is 38.7 Å². The van der Waals surface area contributed by atoms with Crippen molar-refractivity contribution in [1.82, 2.24) is 0 Å². The van der Waals surface area contributed by atoms with Crippen LogP contribution in [0, 0.1) is 11.7 Å². The van der Waals surface area contributed by atoms with Gasteiger partial charge in [0.1, 0.15) is 5.82 Å². The van der Waals surface area contributed by atoms with E-state index in [9.17, 15) is 4.39 Å². The quantitative estimate of drug-likeness (QED) is 0.534. The molecule has 0 aromatic heterocycles. The minimum atomic E-state index is -0.151.